The highest BCUT2D eigenvalue weighted by Gasteiger charge is 2.16. The molecule has 0 aliphatic heterocycles. The lowest BCUT2D eigenvalue weighted by Crippen LogP contribution is -2.09. The van der Waals surface area contributed by atoms with Crippen LogP contribution in [0.1, 0.15) is 16.7 Å². The number of hydrogen-bond donors (Lipinski definition) is 0. The van der Waals surface area contributed by atoms with Crippen molar-refractivity contribution in [3.05, 3.63) is 89.5 Å². The molecule has 0 saturated heterocycles. The van der Waals surface area contributed by atoms with E-state index in [-0.39, 0.29) is 10.6 Å². The van der Waals surface area contributed by atoms with Crippen molar-refractivity contribution >= 4 is 22.0 Å². The molecule has 0 spiro atoms. The van der Waals surface area contributed by atoms with E-state index in [1.165, 1.54) is 17.7 Å². The van der Waals surface area contributed by atoms with Crippen molar-refractivity contribution in [3.63, 3.8) is 0 Å². The van der Waals surface area contributed by atoms with Gasteiger partial charge in [0.05, 0.1) is 5.69 Å². The molecule has 132 valence electrons. The summed E-state index contributed by atoms with van der Waals surface area (Å²) in [5, 5.41) is 0. The Kier molecular flexibility index (Phi) is 5.19. The van der Waals surface area contributed by atoms with E-state index < -0.39 is 10.1 Å². The minimum absolute atomic E-state index is 0.127. The van der Waals surface area contributed by atoms with Crippen LogP contribution in [-0.4, -0.2) is 14.6 Å². The molecule has 0 amide bonds. The summed E-state index contributed by atoms with van der Waals surface area (Å²) >= 11 is 0. The molecular formula is C21H19NO3S. The summed E-state index contributed by atoms with van der Waals surface area (Å²) in [6, 6.07) is 21.2. The van der Waals surface area contributed by atoms with Gasteiger partial charge < -0.3 is 4.18 Å². The van der Waals surface area contributed by atoms with Gasteiger partial charge >= 0.3 is 10.1 Å². The summed E-state index contributed by atoms with van der Waals surface area (Å²) < 4.78 is 30.0. The molecule has 0 saturated carbocycles. The second kappa shape index (κ2) is 7.54. The first-order valence-electron chi connectivity index (χ1n) is 8.14. The van der Waals surface area contributed by atoms with Crippen LogP contribution in [0.2, 0.25) is 0 Å². The lowest BCUT2D eigenvalue weighted by atomic mass is 10.2. The Balaban J connectivity index is 1.78. The molecular weight excluding hydrogens is 346 g/mol. The number of nitrogens with zero attached hydrogens (tertiary/aromatic N) is 1. The van der Waals surface area contributed by atoms with Gasteiger partial charge in [0.25, 0.3) is 0 Å². The molecule has 0 unspecified atom stereocenters. The molecule has 0 aromatic heterocycles. The maximum Gasteiger partial charge on any atom is 0.339 e. The average molecular weight is 365 g/mol. The first-order valence-corrected chi connectivity index (χ1v) is 9.55. The molecule has 0 N–H and O–H groups in total. The number of aryl methyl sites for hydroxylation is 2. The second-order valence-electron chi connectivity index (χ2n) is 6.02. The maximum atomic E-state index is 12.4. The van der Waals surface area contributed by atoms with Crippen LogP contribution in [0.3, 0.4) is 0 Å². The molecule has 0 radical (unpaired) electrons. The molecule has 0 aliphatic carbocycles. The van der Waals surface area contributed by atoms with Gasteiger partial charge in [-0.2, -0.15) is 8.42 Å². The van der Waals surface area contributed by atoms with E-state index in [2.05, 4.69) is 4.99 Å². The molecule has 3 rings (SSSR count). The fourth-order valence-electron chi connectivity index (χ4n) is 2.31. The first-order chi connectivity index (χ1) is 12.4. The van der Waals surface area contributed by atoms with Crippen LogP contribution in [0.4, 0.5) is 5.69 Å². The van der Waals surface area contributed by atoms with Crippen LogP contribution in [0.5, 0.6) is 5.75 Å². The molecule has 5 heteroatoms. The van der Waals surface area contributed by atoms with Crippen molar-refractivity contribution < 1.29 is 12.6 Å². The standard InChI is InChI=1S/C21H19NO3S/c1-16-6-10-19(11-7-16)22-15-18-4-3-5-20(14-18)25-26(23,24)21-12-8-17(2)9-13-21/h3-15H,1-2H3. The van der Waals surface area contributed by atoms with Crippen LogP contribution in [0.25, 0.3) is 0 Å². The van der Waals surface area contributed by atoms with Gasteiger partial charge in [-0.25, -0.2) is 0 Å². The fraction of sp³-hybridized carbons (Fsp3) is 0.0952. The maximum absolute atomic E-state index is 12.4. The molecule has 0 fully saturated rings. The van der Waals surface area contributed by atoms with E-state index in [9.17, 15) is 8.42 Å². The zero-order valence-corrected chi connectivity index (χ0v) is 15.4. The molecule has 0 bridgehead atoms. The van der Waals surface area contributed by atoms with Gasteiger partial charge in [-0.1, -0.05) is 47.5 Å². The smallest absolute Gasteiger partial charge is 0.339 e. The van der Waals surface area contributed by atoms with Crippen molar-refractivity contribution in [2.24, 2.45) is 4.99 Å². The second-order valence-corrected chi connectivity index (χ2v) is 7.56. The summed E-state index contributed by atoms with van der Waals surface area (Å²) in [4.78, 5) is 4.52. The van der Waals surface area contributed by atoms with Gasteiger partial charge in [0.2, 0.25) is 0 Å². The van der Waals surface area contributed by atoms with Crippen molar-refractivity contribution in [1.29, 1.82) is 0 Å². The van der Waals surface area contributed by atoms with E-state index in [0.29, 0.717) is 0 Å². The first kappa shape index (κ1) is 17.9. The number of rotatable bonds is 5. The highest BCUT2D eigenvalue weighted by molar-refractivity contribution is 7.87. The highest BCUT2D eigenvalue weighted by Crippen LogP contribution is 2.20. The molecule has 0 atom stereocenters. The molecule has 0 heterocycles. The predicted molar refractivity (Wildman–Crippen MR) is 104 cm³/mol. The Bertz CT molecular complexity index is 1020. The van der Waals surface area contributed by atoms with E-state index in [0.717, 1.165) is 16.8 Å². The molecule has 0 aliphatic rings. The normalized spacial score (nSPS) is 11.6. The zero-order valence-electron chi connectivity index (χ0n) is 14.6. The molecule has 3 aromatic rings. The SMILES string of the molecule is Cc1ccc(N=Cc2cccc(OS(=O)(=O)c3ccc(C)cc3)c2)cc1. The Morgan fingerprint density at radius 3 is 2.12 bits per heavy atom. The van der Waals surface area contributed by atoms with Gasteiger partial charge in [0.1, 0.15) is 10.6 Å². The van der Waals surface area contributed by atoms with Gasteiger partial charge in [0.15, 0.2) is 0 Å². The van der Waals surface area contributed by atoms with Gasteiger partial charge in [0, 0.05) is 6.21 Å². The van der Waals surface area contributed by atoms with E-state index in [4.69, 9.17) is 4.18 Å². The van der Waals surface area contributed by atoms with Crippen molar-refractivity contribution in [3.8, 4) is 5.75 Å². The van der Waals surface area contributed by atoms with E-state index >= 15 is 0 Å². The van der Waals surface area contributed by atoms with Gasteiger partial charge in [-0.15, -0.1) is 0 Å². The lowest BCUT2D eigenvalue weighted by molar-refractivity contribution is 0.486. The van der Waals surface area contributed by atoms with Gasteiger partial charge in [-0.3, -0.25) is 4.99 Å². The predicted octanol–water partition coefficient (Wildman–Crippen LogP) is 4.82. The summed E-state index contributed by atoms with van der Waals surface area (Å²) in [5.74, 6) is 0.249. The molecule has 26 heavy (non-hydrogen) atoms. The zero-order chi connectivity index (χ0) is 18.6. The molecule has 4 nitrogen and oxygen atoms in total. The van der Waals surface area contributed by atoms with E-state index in [1.54, 1.807) is 36.5 Å². The summed E-state index contributed by atoms with van der Waals surface area (Å²) in [6.45, 7) is 3.91. The Labute approximate surface area is 153 Å². The average Bonchev–Trinajstić information content (AvgIpc) is 2.61. The van der Waals surface area contributed by atoms with Crippen LogP contribution in [0.15, 0.2) is 82.7 Å². The highest BCUT2D eigenvalue weighted by atomic mass is 32.2. The lowest BCUT2D eigenvalue weighted by Gasteiger charge is -2.07. The van der Waals surface area contributed by atoms with Crippen molar-refractivity contribution in [2.75, 3.05) is 0 Å². The Morgan fingerprint density at radius 2 is 1.46 bits per heavy atom. The largest absolute Gasteiger partial charge is 0.379 e. The minimum atomic E-state index is -3.86. The van der Waals surface area contributed by atoms with Crippen LogP contribution < -0.4 is 4.18 Å². The third kappa shape index (κ3) is 4.58. The fourth-order valence-corrected chi connectivity index (χ4v) is 3.23. The van der Waals surface area contributed by atoms with E-state index in [1.807, 2.05) is 44.2 Å². The monoisotopic (exact) mass is 365 g/mol. The Hall–Kier alpha value is -2.92. The van der Waals surface area contributed by atoms with Crippen LogP contribution in [-0.2, 0) is 10.1 Å². The third-order valence-corrected chi connectivity index (χ3v) is 5.03. The molecule has 3 aromatic carbocycles. The minimum Gasteiger partial charge on any atom is -0.379 e. The van der Waals surface area contributed by atoms with Gasteiger partial charge in [-0.05, 0) is 55.8 Å². The van der Waals surface area contributed by atoms with Crippen LogP contribution >= 0.6 is 0 Å². The van der Waals surface area contributed by atoms with Crippen LogP contribution in [0, 0.1) is 13.8 Å². The topological polar surface area (TPSA) is 55.7 Å². The quantitative estimate of drug-likeness (QED) is 0.481. The summed E-state index contributed by atoms with van der Waals surface area (Å²) in [6.07, 6.45) is 1.68. The summed E-state index contributed by atoms with van der Waals surface area (Å²) in [5.41, 5.74) is 3.73. The third-order valence-electron chi connectivity index (χ3n) is 3.77. The number of aliphatic imine (C=N–C) groups is 1. The van der Waals surface area contributed by atoms with Crippen molar-refractivity contribution in [1.82, 2.24) is 0 Å². The summed E-state index contributed by atoms with van der Waals surface area (Å²) in [7, 11) is -3.86. The Morgan fingerprint density at radius 1 is 0.846 bits per heavy atom. The van der Waals surface area contributed by atoms with Crippen molar-refractivity contribution in [2.45, 2.75) is 18.7 Å². The number of hydrogen-bond acceptors (Lipinski definition) is 4. The number of benzene rings is 3.